The molecule has 2 rings (SSSR count). The Hall–Kier alpha value is -0.0105. The molecule has 0 saturated heterocycles. The summed E-state index contributed by atoms with van der Waals surface area (Å²) >= 11 is 0. The zero-order chi connectivity index (χ0) is 15.0. The van der Waals surface area contributed by atoms with Gasteiger partial charge in [0.05, 0.1) is 0 Å². The summed E-state index contributed by atoms with van der Waals surface area (Å²) in [7, 11) is 0. The Bertz CT molecular complexity index is 266. The number of esters is 1. The average Bonchev–Trinajstić information content (AvgIpc) is 3.03. The molecule has 0 heterocycles. The monoisotopic (exact) mass is 328 g/mol. The summed E-state index contributed by atoms with van der Waals surface area (Å²) in [4.78, 5) is 11.5. The predicted molar refractivity (Wildman–Crippen MR) is 81.6 cm³/mol. The SMILES string of the molecule is C[C@H](CC(=O)OC(C)(C)C)[C]1[CH][CH][CH][CH]1.[CH]1[CH][CH][CH][CH]1.[Fe+2]. The summed E-state index contributed by atoms with van der Waals surface area (Å²) in [6, 6.07) is 0. The fourth-order valence-corrected chi connectivity index (χ4v) is 1.79. The molecule has 114 valence electrons. The summed E-state index contributed by atoms with van der Waals surface area (Å²) in [6.07, 6.45) is 18.5. The molecular formula is C18H24FeO2+2. The number of hydrogen-bond acceptors (Lipinski definition) is 2. The smallest absolute Gasteiger partial charge is 0.460 e. The van der Waals surface area contributed by atoms with E-state index in [4.69, 9.17) is 4.74 Å². The molecule has 21 heavy (non-hydrogen) atoms. The van der Waals surface area contributed by atoms with Gasteiger partial charge in [0.1, 0.15) is 5.60 Å². The van der Waals surface area contributed by atoms with Gasteiger partial charge in [-0.2, -0.15) is 0 Å². The fourth-order valence-electron chi connectivity index (χ4n) is 1.79. The molecule has 0 unspecified atom stereocenters. The standard InChI is InChI=1S/C13H19O2.C5H5.Fe/c1-10(11-7-5-6-8-11)9-12(14)15-13(2,3)4;1-2-4-5-3-1;/h5-8,10H,9H2,1-4H3;1-5H;/q;;+2/t10-;;/m1../s1. The predicted octanol–water partition coefficient (Wildman–Crippen LogP) is 3.78. The molecule has 10 radical (unpaired) electrons. The fraction of sp³-hybridized carbons (Fsp3) is 0.389. The first-order valence-electron chi connectivity index (χ1n) is 6.98. The van der Waals surface area contributed by atoms with E-state index in [-0.39, 0.29) is 34.6 Å². The van der Waals surface area contributed by atoms with Gasteiger partial charge in [-0.1, -0.05) is 6.92 Å². The van der Waals surface area contributed by atoms with Gasteiger partial charge in [0.15, 0.2) is 0 Å². The summed E-state index contributed by atoms with van der Waals surface area (Å²) < 4.78 is 5.27. The molecule has 0 amide bonds. The minimum Gasteiger partial charge on any atom is -0.460 e. The van der Waals surface area contributed by atoms with Crippen molar-refractivity contribution in [3.63, 3.8) is 0 Å². The summed E-state index contributed by atoms with van der Waals surface area (Å²) in [5.74, 6) is 1.30. The molecule has 3 heteroatoms. The summed E-state index contributed by atoms with van der Waals surface area (Å²) in [6.45, 7) is 7.70. The van der Waals surface area contributed by atoms with Gasteiger partial charge >= 0.3 is 23.0 Å². The molecule has 0 aliphatic heterocycles. The molecule has 0 aromatic rings. The van der Waals surface area contributed by atoms with Gasteiger partial charge in [0.25, 0.3) is 0 Å². The third-order valence-electron chi connectivity index (χ3n) is 2.71. The van der Waals surface area contributed by atoms with Gasteiger partial charge in [0, 0.05) is 6.42 Å². The third-order valence-corrected chi connectivity index (χ3v) is 2.71. The summed E-state index contributed by atoms with van der Waals surface area (Å²) in [5, 5.41) is 0. The first kappa shape index (κ1) is 21.0. The Kier molecular flexibility index (Phi) is 10.7. The van der Waals surface area contributed by atoms with Gasteiger partial charge in [-0.05, 0) is 90.4 Å². The van der Waals surface area contributed by atoms with Crippen molar-refractivity contribution in [2.45, 2.75) is 39.7 Å². The maximum atomic E-state index is 11.5. The largest absolute Gasteiger partial charge is 2.00 e. The number of rotatable bonds is 3. The molecule has 1 atom stereocenters. The summed E-state index contributed by atoms with van der Waals surface area (Å²) in [5.41, 5.74) is -0.386. The molecule has 0 N–H and O–H groups in total. The van der Waals surface area contributed by atoms with Crippen molar-refractivity contribution in [2.75, 3.05) is 0 Å². The van der Waals surface area contributed by atoms with Crippen LogP contribution in [-0.4, -0.2) is 11.6 Å². The van der Waals surface area contributed by atoms with Crippen LogP contribution in [0.25, 0.3) is 0 Å². The van der Waals surface area contributed by atoms with Crippen LogP contribution in [0.5, 0.6) is 0 Å². The molecule has 0 bridgehead atoms. The minimum absolute atomic E-state index is 0. The molecule has 2 saturated carbocycles. The van der Waals surface area contributed by atoms with E-state index in [1.165, 1.54) is 5.92 Å². The van der Waals surface area contributed by atoms with Crippen molar-refractivity contribution in [2.24, 2.45) is 5.92 Å². The third kappa shape index (κ3) is 10.4. The second kappa shape index (κ2) is 10.7. The van der Waals surface area contributed by atoms with E-state index in [0.717, 1.165) is 0 Å². The van der Waals surface area contributed by atoms with Gasteiger partial charge in [-0.15, -0.1) is 0 Å². The zero-order valence-corrected chi connectivity index (χ0v) is 14.3. The van der Waals surface area contributed by atoms with Crippen molar-refractivity contribution in [1.82, 2.24) is 0 Å². The maximum absolute atomic E-state index is 11.5. The van der Waals surface area contributed by atoms with Crippen LogP contribution >= 0.6 is 0 Å². The van der Waals surface area contributed by atoms with Crippen molar-refractivity contribution in [3.8, 4) is 0 Å². The number of carbonyl (C=O) groups excluding carboxylic acids is 1. The normalized spacial score (nSPS) is 20.2. The van der Waals surface area contributed by atoms with Crippen LogP contribution < -0.4 is 0 Å². The number of ether oxygens (including phenoxy) is 1. The van der Waals surface area contributed by atoms with E-state index < -0.39 is 0 Å². The molecule has 2 aliphatic rings. The number of hydrogen-bond donors (Lipinski definition) is 0. The second-order valence-corrected chi connectivity index (χ2v) is 5.87. The molecule has 2 fully saturated rings. The minimum atomic E-state index is -0.386. The van der Waals surface area contributed by atoms with Crippen molar-refractivity contribution >= 4 is 5.97 Å². The molecule has 0 aromatic carbocycles. The van der Waals surface area contributed by atoms with Crippen molar-refractivity contribution in [1.29, 1.82) is 0 Å². The number of carbonyl (C=O) groups is 1. The second-order valence-electron chi connectivity index (χ2n) is 5.87. The molecule has 0 aromatic heterocycles. The van der Waals surface area contributed by atoms with Crippen LogP contribution in [0, 0.1) is 69.6 Å². The van der Waals surface area contributed by atoms with Gasteiger partial charge in [-0.25, -0.2) is 0 Å². The topological polar surface area (TPSA) is 26.3 Å². The molecule has 0 spiro atoms. The molecular weight excluding hydrogens is 304 g/mol. The molecule has 2 aliphatic carbocycles. The van der Waals surface area contributed by atoms with Crippen LogP contribution in [0.4, 0.5) is 0 Å². The van der Waals surface area contributed by atoms with Gasteiger partial charge in [-0.3, -0.25) is 4.79 Å². The molecule has 2 nitrogen and oxygen atoms in total. The van der Waals surface area contributed by atoms with Crippen molar-refractivity contribution in [3.05, 3.63) is 63.7 Å². The maximum Gasteiger partial charge on any atom is 2.00 e. The van der Waals surface area contributed by atoms with Crippen LogP contribution in [0.15, 0.2) is 0 Å². The average molecular weight is 328 g/mol. The van der Waals surface area contributed by atoms with Crippen LogP contribution in [-0.2, 0) is 26.6 Å². The van der Waals surface area contributed by atoms with Crippen molar-refractivity contribution < 1.29 is 26.6 Å². The Balaban J connectivity index is 0.000000562. The van der Waals surface area contributed by atoms with E-state index in [9.17, 15) is 4.79 Å². The van der Waals surface area contributed by atoms with E-state index in [1.54, 1.807) is 0 Å². The van der Waals surface area contributed by atoms with Gasteiger partial charge < -0.3 is 4.74 Å². The van der Waals surface area contributed by atoms with Crippen LogP contribution in [0.2, 0.25) is 0 Å². The Morgan fingerprint density at radius 1 is 1.00 bits per heavy atom. The van der Waals surface area contributed by atoms with E-state index >= 15 is 0 Å². The van der Waals surface area contributed by atoms with E-state index in [2.05, 4.69) is 0 Å². The zero-order valence-electron chi connectivity index (χ0n) is 13.2. The van der Waals surface area contributed by atoms with Crippen LogP contribution in [0.3, 0.4) is 0 Å². The Morgan fingerprint density at radius 3 is 1.81 bits per heavy atom. The van der Waals surface area contributed by atoms with E-state index in [1.807, 2.05) is 85.5 Å². The first-order valence-corrected chi connectivity index (χ1v) is 6.98. The van der Waals surface area contributed by atoms with E-state index in [0.29, 0.717) is 6.42 Å². The Labute approximate surface area is 142 Å². The van der Waals surface area contributed by atoms with Crippen LogP contribution in [0.1, 0.15) is 34.1 Å². The Morgan fingerprint density at radius 2 is 1.43 bits per heavy atom. The quantitative estimate of drug-likeness (QED) is 0.582. The van der Waals surface area contributed by atoms with Gasteiger partial charge in [0.2, 0.25) is 0 Å². The first-order chi connectivity index (χ1) is 9.38.